The van der Waals surface area contributed by atoms with E-state index in [0.29, 0.717) is 39.0 Å². The maximum absolute atomic E-state index is 6.30. The molecule has 148 valence electrons. The average molecular weight is 380 g/mol. The molecule has 25 heavy (non-hydrogen) atoms. The van der Waals surface area contributed by atoms with E-state index in [0.717, 1.165) is 32.5 Å². The van der Waals surface area contributed by atoms with E-state index in [1.807, 2.05) is 0 Å². The Morgan fingerprint density at radius 2 is 1.52 bits per heavy atom. The summed E-state index contributed by atoms with van der Waals surface area (Å²) in [5.74, 6) is 0. The highest BCUT2D eigenvalue weighted by Gasteiger charge is 2.40. The molecule has 2 aliphatic heterocycles. The van der Waals surface area contributed by atoms with Gasteiger partial charge in [-0.2, -0.15) is 0 Å². The summed E-state index contributed by atoms with van der Waals surface area (Å²) in [6.45, 7) is 4.72. The number of rotatable bonds is 17. The number of nitrogens with two attached hydrogens (primary N) is 1. The molecular formula is C16H33NO7Si. The van der Waals surface area contributed by atoms with Crippen LogP contribution in [0.3, 0.4) is 0 Å². The first-order chi connectivity index (χ1) is 12.2. The van der Waals surface area contributed by atoms with Gasteiger partial charge >= 0.3 is 8.80 Å². The van der Waals surface area contributed by atoms with Gasteiger partial charge in [-0.05, 0) is 25.8 Å². The molecule has 0 radical (unpaired) electrons. The Morgan fingerprint density at radius 1 is 1.00 bits per heavy atom. The topological polar surface area (TPSA) is 97.2 Å². The highest BCUT2D eigenvalue weighted by atomic mass is 28.4. The Labute approximate surface area is 151 Å². The third-order valence-electron chi connectivity index (χ3n) is 4.24. The Hall–Kier alpha value is -0.103. The van der Waals surface area contributed by atoms with Crippen molar-refractivity contribution in [2.45, 2.75) is 43.6 Å². The van der Waals surface area contributed by atoms with Crippen LogP contribution >= 0.6 is 0 Å². The fourth-order valence-corrected chi connectivity index (χ4v) is 4.73. The zero-order chi connectivity index (χ0) is 18.0. The van der Waals surface area contributed by atoms with Crippen LogP contribution in [0.15, 0.2) is 0 Å². The predicted octanol–water partition coefficient (Wildman–Crippen LogP) is 0.563. The molecule has 0 aromatic rings. The van der Waals surface area contributed by atoms with E-state index in [4.69, 9.17) is 38.0 Å². The minimum absolute atomic E-state index is 0.0374. The maximum Gasteiger partial charge on any atom is 0.500 e. The van der Waals surface area contributed by atoms with Gasteiger partial charge in [0.15, 0.2) is 0 Å². The summed E-state index contributed by atoms with van der Waals surface area (Å²) in [5, 5.41) is 0. The van der Waals surface area contributed by atoms with Gasteiger partial charge in [0.2, 0.25) is 0 Å². The van der Waals surface area contributed by atoms with Crippen LogP contribution in [0.25, 0.3) is 0 Å². The minimum atomic E-state index is -2.71. The van der Waals surface area contributed by atoms with Crippen molar-refractivity contribution in [3.05, 3.63) is 0 Å². The van der Waals surface area contributed by atoms with Crippen molar-refractivity contribution in [3.63, 3.8) is 0 Å². The summed E-state index contributed by atoms with van der Waals surface area (Å²) in [6.07, 6.45) is 2.85. The van der Waals surface area contributed by atoms with E-state index in [1.54, 1.807) is 14.2 Å². The fourth-order valence-electron chi connectivity index (χ4n) is 2.46. The van der Waals surface area contributed by atoms with Gasteiger partial charge in [0, 0.05) is 33.5 Å². The average Bonchev–Trinajstić information content (AvgIpc) is 3.53. The molecule has 2 aliphatic rings. The summed E-state index contributed by atoms with van der Waals surface area (Å²) in [6, 6.07) is 0.709. The standard InChI is InChI=1S/C16H33NO7Si/c1-18-25(19-2,9-3-6-17)24-14(4-7-20-10-15-12-22-15)5-8-21-11-16-13-23-16/h14-16H,3-13,17H2,1-2H3. The Morgan fingerprint density at radius 3 is 1.92 bits per heavy atom. The molecule has 9 heteroatoms. The van der Waals surface area contributed by atoms with Gasteiger partial charge in [0.25, 0.3) is 0 Å². The quantitative estimate of drug-likeness (QED) is 0.222. The first-order valence-electron chi connectivity index (χ1n) is 9.08. The highest BCUT2D eigenvalue weighted by molar-refractivity contribution is 6.60. The second-order valence-corrected chi connectivity index (χ2v) is 9.28. The molecule has 0 saturated carbocycles. The summed E-state index contributed by atoms with van der Waals surface area (Å²) in [5.41, 5.74) is 5.63. The number of hydrogen-bond acceptors (Lipinski definition) is 8. The van der Waals surface area contributed by atoms with Gasteiger partial charge in [-0.25, -0.2) is 0 Å². The molecule has 0 aromatic heterocycles. The fraction of sp³-hybridized carbons (Fsp3) is 1.00. The van der Waals surface area contributed by atoms with E-state index in [-0.39, 0.29) is 18.3 Å². The molecule has 2 N–H and O–H groups in total. The highest BCUT2D eigenvalue weighted by Crippen LogP contribution is 2.21. The molecule has 0 bridgehead atoms. The summed E-state index contributed by atoms with van der Waals surface area (Å²) in [4.78, 5) is 0. The summed E-state index contributed by atoms with van der Waals surface area (Å²) >= 11 is 0. The second kappa shape index (κ2) is 11.6. The maximum atomic E-state index is 6.30. The lowest BCUT2D eigenvalue weighted by Gasteiger charge is -2.31. The lowest BCUT2D eigenvalue weighted by molar-refractivity contribution is 0.00934. The zero-order valence-electron chi connectivity index (χ0n) is 15.4. The molecular weight excluding hydrogens is 346 g/mol. The molecule has 2 fully saturated rings. The van der Waals surface area contributed by atoms with Crippen molar-refractivity contribution in [1.29, 1.82) is 0 Å². The van der Waals surface area contributed by atoms with Crippen LogP contribution in [0.2, 0.25) is 6.04 Å². The molecule has 8 nitrogen and oxygen atoms in total. The van der Waals surface area contributed by atoms with Crippen LogP contribution < -0.4 is 5.73 Å². The van der Waals surface area contributed by atoms with Crippen molar-refractivity contribution in [3.8, 4) is 0 Å². The van der Waals surface area contributed by atoms with Crippen molar-refractivity contribution in [2.24, 2.45) is 5.73 Å². The number of hydrogen-bond donors (Lipinski definition) is 1. The van der Waals surface area contributed by atoms with E-state index in [2.05, 4.69) is 0 Å². The molecule has 2 unspecified atom stereocenters. The zero-order valence-corrected chi connectivity index (χ0v) is 16.4. The summed E-state index contributed by atoms with van der Waals surface area (Å²) in [7, 11) is 0.581. The van der Waals surface area contributed by atoms with E-state index in [1.165, 1.54) is 0 Å². The van der Waals surface area contributed by atoms with Crippen LogP contribution in [0, 0.1) is 0 Å². The van der Waals surface area contributed by atoms with E-state index < -0.39 is 8.80 Å². The van der Waals surface area contributed by atoms with Crippen LogP contribution in [0.1, 0.15) is 19.3 Å². The first-order valence-corrected chi connectivity index (χ1v) is 11.0. The van der Waals surface area contributed by atoms with Crippen molar-refractivity contribution < 1.29 is 32.2 Å². The Kier molecular flexibility index (Phi) is 9.82. The SMILES string of the molecule is CO[Si](CCCN)(OC)OC(CCOCC1CO1)CCOCC1CO1. The monoisotopic (exact) mass is 379 g/mol. The van der Waals surface area contributed by atoms with Crippen LogP contribution in [-0.4, -0.2) is 87.5 Å². The normalized spacial score (nSPS) is 23.6. The molecule has 2 heterocycles. The van der Waals surface area contributed by atoms with Crippen molar-refractivity contribution in [1.82, 2.24) is 0 Å². The van der Waals surface area contributed by atoms with Gasteiger partial charge < -0.3 is 38.0 Å². The lowest BCUT2D eigenvalue weighted by Crippen LogP contribution is -2.47. The van der Waals surface area contributed by atoms with Crippen LogP contribution in [0.4, 0.5) is 0 Å². The largest absolute Gasteiger partial charge is 0.500 e. The van der Waals surface area contributed by atoms with Crippen molar-refractivity contribution >= 4 is 8.80 Å². The first kappa shape index (κ1) is 21.2. The molecule has 2 rings (SSSR count). The minimum Gasteiger partial charge on any atom is -0.379 e. The van der Waals surface area contributed by atoms with Gasteiger partial charge in [-0.3, -0.25) is 0 Å². The van der Waals surface area contributed by atoms with E-state index in [9.17, 15) is 0 Å². The van der Waals surface area contributed by atoms with Gasteiger partial charge in [0.1, 0.15) is 12.2 Å². The molecule has 0 amide bonds. The molecule has 2 atom stereocenters. The molecule has 0 aliphatic carbocycles. The smallest absolute Gasteiger partial charge is 0.379 e. The van der Waals surface area contributed by atoms with Gasteiger partial charge in [-0.1, -0.05) is 0 Å². The predicted molar refractivity (Wildman–Crippen MR) is 93.5 cm³/mol. The van der Waals surface area contributed by atoms with Crippen molar-refractivity contribution in [2.75, 3.05) is 60.4 Å². The summed E-state index contributed by atoms with van der Waals surface area (Å²) < 4.78 is 39.2. The van der Waals surface area contributed by atoms with Crippen LogP contribution in [0.5, 0.6) is 0 Å². The van der Waals surface area contributed by atoms with Gasteiger partial charge in [0.05, 0.1) is 32.5 Å². The van der Waals surface area contributed by atoms with Crippen LogP contribution in [-0.2, 0) is 32.2 Å². The molecule has 0 aromatic carbocycles. The molecule has 2 saturated heterocycles. The Bertz CT molecular complexity index is 331. The Balaban J connectivity index is 1.75. The van der Waals surface area contributed by atoms with Gasteiger partial charge in [-0.15, -0.1) is 0 Å². The second-order valence-electron chi connectivity index (χ2n) is 6.36. The molecule has 0 spiro atoms. The number of ether oxygens (including phenoxy) is 4. The third kappa shape index (κ3) is 8.89. The lowest BCUT2D eigenvalue weighted by atomic mass is 10.2. The van der Waals surface area contributed by atoms with E-state index >= 15 is 0 Å². The number of epoxide rings is 2. The third-order valence-corrected chi connectivity index (χ3v) is 7.14.